The molecule has 0 spiro atoms. The van der Waals surface area contributed by atoms with Gasteiger partial charge in [0.25, 0.3) is 5.91 Å². The number of nitrogens with one attached hydrogen (secondary N) is 1. The van der Waals surface area contributed by atoms with E-state index in [0.29, 0.717) is 23.5 Å². The van der Waals surface area contributed by atoms with Gasteiger partial charge in [-0.1, -0.05) is 37.3 Å². The number of fused-ring (bicyclic) bond motifs is 1. The Morgan fingerprint density at radius 2 is 1.89 bits per heavy atom. The molecule has 0 saturated carbocycles. The van der Waals surface area contributed by atoms with E-state index in [1.807, 2.05) is 37.3 Å². The van der Waals surface area contributed by atoms with E-state index in [0.717, 1.165) is 5.56 Å². The first-order valence-electron chi connectivity index (χ1n) is 12.9. The van der Waals surface area contributed by atoms with Crippen molar-refractivity contribution in [2.24, 2.45) is 5.92 Å². The molecule has 3 rings (SSSR count). The summed E-state index contributed by atoms with van der Waals surface area (Å²) in [6, 6.07) is 14.6. The van der Waals surface area contributed by atoms with Gasteiger partial charge in [0.1, 0.15) is 18.0 Å². The lowest BCUT2D eigenvalue weighted by atomic mass is 9.86. The summed E-state index contributed by atoms with van der Waals surface area (Å²) < 4.78 is 28.1. The molecule has 0 fully saturated rings. The van der Waals surface area contributed by atoms with Crippen LogP contribution in [0, 0.1) is 5.92 Å². The maximum atomic E-state index is 15.9. The summed E-state index contributed by atoms with van der Waals surface area (Å²) in [7, 11) is -1.86. The number of rotatable bonds is 11. The van der Waals surface area contributed by atoms with Gasteiger partial charge in [-0.3, -0.25) is 9.59 Å². The number of hydrogen-bond acceptors (Lipinski definition) is 6. The van der Waals surface area contributed by atoms with Crippen LogP contribution in [0.5, 0.6) is 5.75 Å². The first-order valence-corrected chi connectivity index (χ1v) is 15.9. The van der Waals surface area contributed by atoms with Gasteiger partial charge in [0.05, 0.1) is 12.7 Å². The van der Waals surface area contributed by atoms with Gasteiger partial charge in [-0.15, -0.1) is 0 Å². The Balaban J connectivity index is 1.87. The zero-order valence-corrected chi connectivity index (χ0v) is 23.7. The fourth-order valence-corrected chi connectivity index (χ4v) is 6.80. The fraction of sp³-hybridized carbons (Fsp3) is 0.500. The molecule has 0 aliphatic carbocycles. The van der Waals surface area contributed by atoms with E-state index in [1.165, 1.54) is 6.92 Å². The van der Waals surface area contributed by atoms with Crippen molar-refractivity contribution < 1.29 is 33.4 Å². The number of aliphatic hydroxyl groups excluding tert-OH is 2. The Labute approximate surface area is 224 Å². The molecule has 0 bridgehead atoms. The summed E-state index contributed by atoms with van der Waals surface area (Å²) in [4.78, 5) is 27.0. The van der Waals surface area contributed by atoms with Crippen molar-refractivity contribution in [2.45, 2.75) is 63.8 Å². The number of amides is 2. The van der Waals surface area contributed by atoms with E-state index >= 15 is 4.11 Å². The maximum absolute atomic E-state index is 15.9. The highest BCUT2D eigenvalue weighted by atomic mass is 28.4. The van der Waals surface area contributed by atoms with E-state index in [9.17, 15) is 19.8 Å². The van der Waals surface area contributed by atoms with E-state index in [4.69, 9.17) is 9.47 Å². The topological polar surface area (TPSA) is 108 Å². The highest BCUT2D eigenvalue weighted by Crippen LogP contribution is 2.48. The number of ether oxygens (including phenoxy) is 2. The third-order valence-electron chi connectivity index (χ3n) is 7.09. The summed E-state index contributed by atoms with van der Waals surface area (Å²) in [6.45, 7) is 6.75. The number of hydrogen-bond donors (Lipinski definition) is 3. The molecule has 2 amide bonds. The number of methoxy groups -OCH3 is 1. The van der Waals surface area contributed by atoms with Crippen LogP contribution in [0.3, 0.4) is 0 Å². The Kier molecular flexibility index (Phi) is 10.1. The van der Waals surface area contributed by atoms with Crippen molar-refractivity contribution in [2.75, 3.05) is 25.6 Å². The third kappa shape index (κ3) is 7.19. The summed E-state index contributed by atoms with van der Waals surface area (Å²) in [5.41, 5.74) is 1.45. The van der Waals surface area contributed by atoms with Gasteiger partial charge >= 0.3 is 0 Å². The molecule has 0 radical (unpaired) electrons. The molecular formula is C28H39FN2O6Si. The minimum Gasteiger partial charge on any atom is -0.490 e. The van der Waals surface area contributed by atoms with Crippen molar-refractivity contribution in [1.82, 2.24) is 4.90 Å². The van der Waals surface area contributed by atoms with E-state index in [1.54, 1.807) is 43.3 Å². The molecular weight excluding hydrogens is 507 g/mol. The monoisotopic (exact) mass is 546 g/mol. The average molecular weight is 547 g/mol. The van der Waals surface area contributed by atoms with Crippen LogP contribution in [0.2, 0.25) is 18.6 Å². The Morgan fingerprint density at radius 1 is 1.21 bits per heavy atom. The maximum Gasteiger partial charge on any atom is 0.252 e. The van der Waals surface area contributed by atoms with Crippen LogP contribution < -0.4 is 10.1 Å². The summed E-state index contributed by atoms with van der Waals surface area (Å²) in [5, 5.41) is 21.8. The van der Waals surface area contributed by atoms with Crippen LogP contribution in [-0.4, -0.2) is 67.8 Å². The van der Waals surface area contributed by atoms with Crippen molar-refractivity contribution in [1.29, 1.82) is 0 Å². The molecule has 1 aliphatic heterocycles. The predicted octanol–water partition coefficient (Wildman–Crippen LogP) is 4.05. The number of nitrogens with zero attached hydrogens (tertiary/aromatic N) is 1. The number of benzene rings is 2. The highest BCUT2D eigenvalue weighted by Gasteiger charge is 2.48. The minimum absolute atomic E-state index is 0.0497. The molecule has 0 saturated heterocycles. The minimum atomic E-state index is -3.42. The van der Waals surface area contributed by atoms with E-state index in [2.05, 4.69) is 5.32 Å². The third-order valence-corrected chi connectivity index (χ3v) is 9.38. The van der Waals surface area contributed by atoms with Crippen LogP contribution >= 0.6 is 0 Å². The molecule has 0 aromatic heterocycles. The molecule has 2 aromatic carbocycles. The Hall–Kier alpha value is -2.79. The number of anilines is 1. The molecule has 5 atom stereocenters. The van der Waals surface area contributed by atoms with Gasteiger partial charge in [0, 0.05) is 49.3 Å². The molecule has 208 valence electrons. The number of carbonyl (C=O) groups excluding carboxylic acids is 2. The lowest BCUT2D eigenvalue weighted by Gasteiger charge is -2.43. The predicted molar refractivity (Wildman–Crippen MR) is 146 cm³/mol. The molecule has 1 heterocycles. The largest absolute Gasteiger partial charge is 0.490 e. The van der Waals surface area contributed by atoms with Gasteiger partial charge in [-0.05, 0) is 43.8 Å². The van der Waals surface area contributed by atoms with Crippen molar-refractivity contribution in [3.63, 3.8) is 0 Å². The van der Waals surface area contributed by atoms with Crippen LogP contribution in [0.25, 0.3) is 0 Å². The zero-order valence-electron chi connectivity index (χ0n) is 22.7. The van der Waals surface area contributed by atoms with Gasteiger partial charge in [0.15, 0.2) is 0 Å². The number of carbonyl (C=O) groups is 2. The highest BCUT2D eigenvalue weighted by molar-refractivity contribution is 6.72. The number of halogens is 1. The molecule has 10 heteroatoms. The first-order chi connectivity index (χ1) is 18.0. The summed E-state index contributed by atoms with van der Waals surface area (Å²) >= 11 is 0. The molecule has 1 unspecified atom stereocenters. The Morgan fingerprint density at radius 3 is 2.47 bits per heavy atom. The SMILES string of the molecule is CO[C@@H]1c2cc(NC(=O)[C@H](C)O)ccc2O[C@H](C(CC(=O)N(CCO)Cc2ccccc2)[Si](C)(C)F)[C@H]1C. The van der Waals surface area contributed by atoms with E-state index < -0.39 is 38.2 Å². The van der Waals surface area contributed by atoms with Gasteiger partial charge in [-0.25, -0.2) is 0 Å². The molecule has 3 N–H and O–H groups in total. The molecule has 8 nitrogen and oxygen atoms in total. The average Bonchev–Trinajstić information content (AvgIpc) is 2.86. The normalized spacial score (nSPS) is 20.6. The zero-order chi connectivity index (χ0) is 28.0. The second kappa shape index (κ2) is 12.8. The van der Waals surface area contributed by atoms with Crippen LogP contribution in [-0.2, 0) is 20.9 Å². The van der Waals surface area contributed by atoms with Crippen molar-refractivity contribution in [3.8, 4) is 5.75 Å². The van der Waals surface area contributed by atoms with Crippen molar-refractivity contribution in [3.05, 3.63) is 59.7 Å². The van der Waals surface area contributed by atoms with Crippen LogP contribution in [0.4, 0.5) is 9.80 Å². The second-order valence-electron chi connectivity index (χ2n) is 10.4. The van der Waals surface area contributed by atoms with Gasteiger partial charge < -0.3 is 34.0 Å². The standard InChI is InChI=1S/C28H39FN2O6Si/c1-18-26(36-3)22-15-21(30-28(35)19(2)33)11-12-23(22)37-27(18)24(38(4,5)29)16-25(34)31(13-14-32)17-20-9-7-6-8-10-20/h6-12,15,18-19,24,26-27,32-33H,13-14,16-17H2,1-5H3,(H,30,35)/t18-,19-,24?,26-,27-/m0/s1. The number of aliphatic hydroxyl groups is 2. The second-order valence-corrected chi connectivity index (χ2v) is 14.3. The lowest BCUT2D eigenvalue weighted by molar-refractivity contribution is -0.133. The van der Waals surface area contributed by atoms with Gasteiger partial charge in [0.2, 0.25) is 14.3 Å². The quantitative estimate of drug-likeness (QED) is 0.290. The van der Waals surface area contributed by atoms with Crippen molar-refractivity contribution >= 4 is 25.9 Å². The van der Waals surface area contributed by atoms with E-state index in [-0.39, 0.29) is 31.4 Å². The molecule has 38 heavy (non-hydrogen) atoms. The summed E-state index contributed by atoms with van der Waals surface area (Å²) in [6.07, 6.45) is -2.29. The van der Waals surface area contributed by atoms with Crippen LogP contribution in [0.1, 0.15) is 37.5 Å². The molecule has 1 aliphatic rings. The van der Waals surface area contributed by atoms with Gasteiger partial charge in [-0.2, -0.15) is 0 Å². The Bertz CT molecular complexity index is 1090. The first kappa shape index (κ1) is 29.8. The summed E-state index contributed by atoms with van der Waals surface area (Å²) in [5.74, 6) is -0.565. The lowest BCUT2D eigenvalue weighted by Crippen LogP contribution is -2.48. The van der Waals surface area contributed by atoms with Crippen LogP contribution in [0.15, 0.2) is 48.5 Å². The fourth-order valence-electron chi connectivity index (χ4n) is 4.99. The smallest absolute Gasteiger partial charge is 0.252 e. The molecule has 2 aromatic rings.